The topological polar surface area (TPSA) is 75.6 Å². The Hall–Kier alpha value is -1.95. The van der Waals surface area contributed by atoms with Crippen LogP contribution in [0.1, 0.15) is 15.9 Å². The van der Waals surface area contributed by atoms with E-state index in [1.165, 1.54) is 10.2 Å². The van der Waals surface area contributed by atoms with Crippen LogP contribution in [0.3, 0.4) is 0 Å². The number of amides is 1. The second kappa shape index (κ2) is 9.37. The summed E-state index contributed by atoms with van der Waals surface area (Å²) in [6, 6.07) is 14.9. The summed E-state index contributed by atoms with van der Waals surface area (Å²) in [5.41, 5.74) is 1.55. The van der Waals surface area contributed by atoms with E-state index in [1.54, 1.807) is 25.3 Å². The summed E-state index contributed by atoms with van der Waals surface area (Å²) in [6.45, 7) is 0.436. The Morgan fingerprint density at radius 3 is 2.58 bits per heavy atom. The molecule has 24 heavy (non-hydrogen) atoms. The fraction of sp³-hybridized carbons (Fsp3) is 0.176. The van der Waals surface area contributed by atoms with Crippen LogP contribution in [0, 0.1) is 0 Å². The van der Waals surface area contributed by atoms with E-state index in [4.69, 9.17) is 9.84 Å². The number of carboxylic acid groups (broad SMARTS) is 1. The summed E-state index contributed by atoms with van der Waals surface area (Å²) in [7, 11) is 2.84. The summed E-state index contributed by atoms with van der Waals surface area (Å²) < 4.78 is 6.10. The van der Waals surface area contributed by atoms with Gasteiger partial charge >= 0.3 is 150 Å². The van der Waals surface area contributed by atoms with E-state index in [0.717, 1.165) is 10.0 Å². The maximum absolute atomic E-state index is 12.5. The molecule has 126 valence electrons. The third kappa shape index (κ3) is 5.30. The molecule has 0 saturated heterocycles. The van der Waals surface area contributed by atoms with Crippen molar-refractivity contribution in [3.63, 3.8) is 0 Å². The zero-order chi connectivity index (χ0) is 17.4. The fourth-order valence-electron chi connectivity index (χ4n) is 1.95. The first kappa shape index (κ1) is 18.4. The van der Waals surface area contributed by atoms with Crippen molar-refractivity contribution in [2.75, 3.05) is 12.9 Å². The molecule has 2 rings (SSSR count). The van der Waals surface area contributed by atoms with Crippen LogP contribution in [-0.4, -0.2) is 43.7 Å². The third-order valence-electron chi connectivity index (χ3n) is 3.06. The number of benzene rings is 2. The van der Waals surface area contributed by atoms with Gasteiger partial charge in [-0.25, -0.2) is 0 Å². The average molecular weight is 410 g/mol. The molecular formula is C17H17NO4SSe. The first-order chi connectivity index (χ1) is 11.6. The number of hydrogen-bond acceptors (Lipinski definition) is 4. The van der Waals surface area contributed by atoms with Gasteiger partial charge in [0.1, 0.15) is 0 Å². The Morgan fingerprint density at radius 2 is 1.92 bits per heavy atom. The van der Waals surface area contributed by atoms with Crippen LogP contribution in [0.4, 0.5) is 0 Å². The first-order valence-electron chi connectivity index (χ1n) is 7.12. The number of carboxylic acids is 1. The molecule has 2 N–H and O–H groups in total. The van der Waals surface area contributed by atoms with Gasteiger partial charge in [-0.1, -0.05) is 0 Å². The number of nitrogens with one attached hydrogen (secondary N) is 1. The molecule has 0 saturated carbocycles. The van der Waals surface area contributed by atoms with Gasteiger partial charge in [-0.15, -0.1) is 0 Å². The van der Waals surface area contributed by atoms with Crippen molar-refractivity contribution in [3.8, 4) is 5.75 Å². The van der Waals surface area contributed by atoms with Gasteiger partial charge in [-0.05, 0) is 0 Å². The predicted molar refractivity (Wildman–Crippen MR) is 96.1 cm³/mol. The average Bonchev–Trinajstić information content (AvgIpc) is 2.60. The third-order valence-corrected chi connectivity index (χ3v) is 7.13. The molecule has 0 bridgehead atoms. The molecule has 7 heteroatoms. The summed E-state index contributed by atoms with van der Waals surface area (Å²) in [5.74, 6) is -0.444. The second-order valence-corrected chi connectivity index (χ2v) is 8.82. The molecule has 0 unspecified atom stereocenters. The molecule has 0 heterocycles. The molecule has 5 nitrogen and oxygen atoms in total. The summed E-state index contributed by atoms with van der Waals surface area (Å²) in [6.07, 6.45) is 0. The molecule has 0 aliphatic rings. The Balaban J connectivity index is 2.12. The van der Waals surface area contributed by atoms with Gasteiger partial charge in [-0.2, -0.15) is 0 Å². The monoisotopic (exact) mass is 411 g/mol. The zero-order valence-electron chi connectivity index (χ0n) is 13.0. The fourth-order valence-corrected chi connectivity index (χ4v) is 5.89. The van der Waals surface area contributed by atoms with E-state index in [2.05, 4.69) is 5.32 Å². The van der Waals surface area contributed by atoms with Crippen LogP contribution < -0.4 is 14.5 Å². The Bertz CT molecular complexity index is 709. The molecule has 0 fully saturated rings. The zero-order valence-corrected chi connectivity index (χ0v) is 15.6. The van der Waals surface area contributed by atoms with Crippen LogP contribution >= 0.6 is 10.2 Å². The van der Waals surface area contributed by atoms with Crippen molar-refractivity contribution in [3.05, 3.63) is 59.7 Å². The number of hydrogen-bond donors (Lipinski definition) is 2. The van der Waals surface area contributed by atoms with Gasteiger partial charge < -0.3 is 0 Å². The van der Waals surface area contributed by atoms with Crippen LogP contribution in [0.2, 0.25) is 0 Å². The quantitative estimate of drug-likeness (QED) is 0.648. The summed E-state index contributed by atoms with van der Waals surface area (Å²) >= 11 is -0.232. The number of carbonyl (C=O) groups is 2. The molecule has 2 aromatic rings. The van der Waals surface area contributed by atoms with Crippen LogP contribution in [0.5, 0.6) is 5.75 Å². The molecule has 2 aromatic carbocycles. The van der Waals surface area contributed by atoms with Crippen LogP contribution in [0.25, 0.3) is 0 Å². The molecular weight excluding hydrogens is 393 g/mol. The van der Waals surface area contributed by atoms with E-state index in [1.807, 2.05) is 30.3 Å². The SMILES string of the molecule is COc1cccc(C(=O)NCc2ccccc2)c1[Se]SCC(=O)O. The van der Waals surface area contributed by atoms with E-state index in [0.29, 0.717) is 17.9 Å². The van der Waals surface area contributed by atoms with Gasteiger partial charge in [0.25, 0.3) is 0 Å². The molecule has 0 aromatic heterocycles. The molecule has 1 amide bonds. The summed E-state index contributed by atoms with van der Waals surface area (Å²) in [5, 5.41) is 11.7. The number of ether oxygens (including phenoxy) is 1. The maximum atomic E-state index is 12.5. The minimum atomic E-state index is -0.869. The Kier molecular flexibility index (Phi) is 7.18. The second-order valence-electron chi connectivity index (χ2n) is 4.74. The van der Waals surface area contributed by atoms with Gasteiger partial charge in [0.2, 0.25) is 0 Å². The van der Waals surface area contributed by atoms with Crippen molar-refractivity contribution in [2.24, 2.45) is 0 Å². The van der Waals surface area contributed by atoms with Crippen LogP contribution in [-0.2, 0) is 11.3 Å². The predicted octanol–water partition coefficient (Wildman–Crippen LogP) is 1.69. The number of methoxy groups -OCH3 is 1. The van der Waals surface area contributed by atoms with Crippen molar-refractivity contribution in [1.82, 2.24) is 5.32 Å². The van der Waals surface area contributed by atoms with Crippen molar-refractivity contribution < 1.29 is 19.4 Å². The molecule has 0 radical (unpaired) electrons. The number of rotatable bonds is 8. The minimum absolute atomic E-state index is 0.00310. The molecule has 0 spiro atoms. The van der Waals surface area contributed by atoms with Gasteiger partial charge in [0, 0.05) is 0 Å². The van der Waals surface area contributed by atoms with Gasteiger partial charge in [0.15, 0.2) is 0 Å². The van der Waals surface area contributed by atoms with Crippen LogP contribution in [0.15, 0.2) is 48.5 Å². The number of carbonyl (C=O) groups excluding carboxylic acids is 1. The first-order valence-corrected chi connectivity index (χ1v) is 11.0. The number of aliphatic carboxylic acids is 1. The van der Waals surface area contributed by atoms with Gasteiger partial charge in [0.05, 0.1) is 0 Å². The Labute approximate surface area is 150 Å². The normalized spacial score (nSPS) is 10.2. The van der Waals surface area contributed by atoms with Gasteiger partial charge in [-0.3, -0.25) is 0 Å². The van der Waals surface area contributed by atoms with E-state index in [9.17, 15) is 9.59 Å². The standard InChI is InChI=1S/C17H17NO4SSe/c1-22-14-9-5-8-13(16(14)24-23-11-15(19)20)17(21)18-10-12-6-3-2-4-7-12/h2-9H,10-11H2,1H3,(H,18,21)(H,19,20). The van der Waals surface area contributed by atoms with E-state index in [-0.39, 0.29) is 25.5 Å². The molecule has 0 aliphatic carbocycles. The van der Waals surface area contributed by atoms with Crippen molar-refractivity contribution in [2.45, 2.75) is 6.54 Å². The van der Waals surface area contributed by atoms with Crippen molar-refractivity contribution >= 4 is 40.4 Å². The van der Waals surface area contributed by atoms with Crippen molar-refractivity contribution in [1.29, 1.82) is 0 Å². The molecule has 0 atom stereocenters. The molecule has 0 aliphatic heterocycles. The van der Waals surface area contributed by atoms with E-state index < -0.39 is 5.97 Å². The summed E-state index contributed by atoms with van der Waals surface area (Å²) in [4.78, 5) is 23.2. The van der Waals surface area contributed by atoms with E-state index >= 15 is 0 Å². The Morgan fingerprint density at radius 1 is 1.17 bits per heavy atom.